The lowest BCUT2D eigenvalue weighted by atomic mass is 10.0. The van der Waals surface area contributed by atoms with E-state index >= 15 is 8.78 Å². The Morgan fingerprint density at radius 2 is 1.98 bits per heavy atom. The van der Waals surface area contributed by atoms with Crippen LogP contribution in [-0.4, -0.2) is 116 Å². The molecule has 1 amide bonds. The fraction of sp³-hybridized carbons (Fsp3) is 0.406. The van der Waals surface area contributed by atoms with Gasteiger partial charge in [-0.15, -0.1) is 10.2 Å². The van der Waals surface area contributed by atoms with Crippen LogP contribution < -0.4 is 15.0 Å². The number of hydrogen-bond donors (Lipinski definition) is 2. The molecule has 3 fully saturated rings. The summed E-state index contributed by atoms with van der Waals surface area (Å²) in [7, 11) is 0. The Labute approximate surface area is 274 Å². The molecule has 0 bridgehead atoms. The number of alkyl halides is 2. The summed E-state index contributed by atoms with van der Waals surface area (Å²) in [5.74, 6) is -3.55. The van der Waals surface area contributed by atoms with Gasteiger partial charge >= 0.3 is 5.92 Å². The van der Waals surface area contributed by atoms with E-state index in [9.17, 15) is 10.1 Å². The van der Waals surface area contributed by atoms with Crippen molar-refractivity contribution < 1.29 is 23.0 Å². The first-order valence-corrected chi connectivity index (χ1v) is 15.7. The zero-order chi connectivity index (χ0) is 33.3. The number of piperidine rings is 1. The van der Waals surface area contributed by atoms with Gasteiger partial charge in [-0.3, -0.25) is 9.69 Å². The zero-order valence-corrected chi connectivity index (χ0v) is 26.1. The van der Waals surface area contributed by atoms with Crippen molar-refractivity contribution in [2.75, 3.05) is 56.2 Å². The molecule has 0 radical (unpaired) electrons. The summed E-state index contributed by atoms with van der Waals surface area (Å²) in [6, 6.07) is 15.6. The number of aromatic nitrogens is 6. The average molecular weight is 658 g/mol. The number of anilines is 3. The van der Waals surface area contributed by atoms with Crippen LogP contribution in [-0.2, 0) is 4.74 Å². The molecule has 2 atom stereocenters. The number of aromatic amines is 1. The minimum Gasteiger partial charge on any atom is -0.483 e. The highest BCUT2D eigenvalue weighted by molar-refractivity contribution is 5.90. The van der Waals surface area contributed by atoms with Crippen LogP contribution in [0.2, 0.25) is 0 Å². The highest BCUT2D eigenvalue weighted by Gasteiger charge is 2.48. The molecule has 7 rings (SSSR count). The van der Waals surface area contributed by atoms with Crippen LogP contribution in [0.3, 0.4) is 0 Å². The van der Waals surface area contributed by atoms with Gasteiger partial charge in [-0.05, 0) is 49.4 Å². The first-order valence-electron chi connectivity index (χ1n) is 15.7. The molecular weight excluding hydrogens is 624 g/mol. The van der Waals surface area contributed by atoms with Crippen molar-refractivity contribution in [2.24, 2.45) is 0 Å². The molecule has 2 aromatic heterocycles. The van der Waals surface area contributed by atoms with Crippen LogP contribution in [0.4, 0.5) is 26.1 Å². The molecule has 14 nitrogen and oxygen atoms in total. The van der Waals surface area contributed by atoms with E-state index in [1.54, 1.807) is 6.07 Å². The van der Waals surface area contributed by atoms with E-state index in [1.165, 1.54) is 24.8 Å². The van der Waals surface area contributed by atoms with Crippen LogP contribution in [0.25, 0.3) is 11.4 Å². The summed E-state index contributed by atoms with van der Waals surface area (Å²) in [5, 5.41) is 20.2. The number of benzene rings is 2. The van der Waals surface area contributed by atoms with Crippen molar-refractivity contribution in [3.05, 3.63) is 66.5 Å². The Morgan fingerprint density at radius 1 is 1.15 bits per heavy atom. The largest absolute Gasteiger partial charge is 0.483 e. The molecule has 0 saturated carbocycles. The summed E-state index contributed by atoms with van der Waals surface area (Å²) in [5.41, 5.74) is 2.47. The second-order valence-corrected chi connectivity index (χ2v) is 12.1. The predicted octanol–water partition coefficient (Wildman–Crippen LogP) is 3.11. The van der Waals surface area contributed by atoms with Crippen molar-refractivity contribution in [2.45, 2.75) is 37.5 Å². The van der Waals surface area contributed by atoms with Crippen LogP contribution in [0.5, 0.6) is 5.75 Å². The topological polar surface area (TPSA) is 161 Å². The van der Waals surface area contributed by atoms with Gasteiger partial charge in [0.25, 0.3) is 5.91 Å². The van der Waals surface area contributed by atoms with Crippen molar-refractivity contribution in [1.82, 2.24) is 39.9 Å². The molecule has 5 heterocycles. The lowest BCUT2D eigenvalue weighted by Gasteiger charge is -2.46. The number of nitrogens with zero attached hydrogens (tertiary/aromatic N) is 9. The van der Waals surface area contributed by atoms with Crippen LogP contribution in [0, 0.1) is 11.3 Å². The van der Waals surface area contributed by atoms with Gasteiger partial charge in [0.15, 0.2) is 11.9 Å². The third-order valence-corrected chi connectivity index (χ3v) is 8.89. The standard InChI is InChI=1S/C32H33F2N11O3/c1-20-14-43(25-15-47-16-25)10-11-45(20)24-5-3-23(4-6-24)40-31-38-18-36-28(41-31)21-2-7-26(22(12-21)13-35)48-27-8-9-44(17-32(27,33)34)30(46)29-37-19-39-42-29/h2-7,12,18-20,25,27H,8-11,14-17H2,1H3,(H,37,39,42)(H,36,38,40,41). The van der Waals surface area contributed by atoms with Crippen LogP contribution in [0.1, 0.15) is 29.5 Å². The molecule has 16 heteroatoms. The second-order valence-electron chi connectivity index (χ2n) is 12.1. The Bertz CT molecular complexity index is 1800. The predicted molar refractivity (Wildman–Crippen MR) is 169 cm³/mol. The molecule has 2 aromatic carbocycles. The molecule has 2 unspecified atom stereocenters. The Balaban J connectivity index is 0.990. The normalized spacial score (nSPS) is 21.3. The van der Waals surface area contributed by atoms with E-state index in [2.05, 4.69) is 64.3 Å². The first kappa shape index (κ1) is 31.3. The maximum absolute atomic E-state index is 15.1. The number of likely N-dealkylation sites (tertiary alicyclic amines) is 1. The van der Waals surface area contributed by atoms with Crippen LogP contribution in [0.15, 0.2) is 55.1 Å². The number of halogens is 2. The monoisotopic (exact) mass is 657 g/mol. The number of carbonyl (C=O) groups is 1. The molecule has 4 aromatic rings. The molecule has 48 heavy (non-hydrogen) atoms. The minimum atomic E-state index is -3.37. The third kappa shape index (κ3) is 6.46. The second kappa shape index (κ2) is 13.1. The zero-order valence-electron chi connectivity index (χ0n) is 26.1. The fourth-order valence-corrected chi connectivity index (χ4v) is 6.21. The number of amides is 1. The smallest absolute Gasteiger partial charge is 0.301 e. The SMILES string of the molecule is CC1CN(C2COC2)CCN1c1ccc(Nc2ncnc(-c3ccc(OC4CCN(C(=O)c5nnc[nH]5)CC4(F)F)c(C#N)c3)n2)cc1. The first-order chi connectivity index (χ1) is 23.3. The van der Waals surface area contributed by atoms with E-state index in [0.29, 0.717) is 29.4 Å². The summed E-state index contributed by atoms with van der Waals surface area (Å²) < 4.78 is 41.2. The molecule has 248 valence electrons. The lowest BCUT2D eigenvalue weighted by molar-refractivity contribution is -0.132. The van der Waals surface area contributed by atoms with Gasteiger partial charge in [0.05, 0.1) is 31.4 Å². The number of nitriles is 1. The van der Waals surface area contributed by atoms with Crippen molar-refractivity contribution >= 4 is 23.2 Å². The van der Waals surface area contributed by atoms with Gasteiger partial charge in [-0.25, -0.2) is 18.7 Å². The molecule has 3 aliphatic rings. The number of H-pyrrole nitrogens is 1. The number of nitrogens with one attached hydrogen (secondary N) is 2. The highest BCUT2D eigenvalue weighted by Crippen LogP contribution is 2.34. The molecule has 0 aliphatic carbocycles. The molecule has 3 saturated heterocycles. The molecular formula is C32H33F2N11O3. The van der Waals surface area contributed by atoms with E-state index in [4.69, 9.17) is 9.47 Å². The summed E-state index contributed by atoms with van der Waals surface area (Å²) in [4.78, 5) is 33.9. The minimum absolute atomic E-state index is 0.00113. The van der Waals surface area contributed by atoms with Gasteiger partial charge in [0.2, 0.25) is 11.8 Å². The van der Waals surface area contributed by atoms with Crippen LogP contribution >= 0.6 is 0 Å². The van der Waals surface area contributed by atoms with Crippen molar-refractivity contribution in [3.63, 3.8) is 0 Å². The highest BCUT2D eigenvalue weighted by atomic mass is 19.3. The molecule has 3 aliphatic heterocycles. The third-order valence-electron chi connectivity index (χ3n) is 8.89. The van der Waals surface area contributed by atoms with Gasteiger partial charge in [0.1, 0.15) is 24.5 Å². The van der Waals surface area contributed by atoms with E-state index < -0.39 is 24.5 Å². The van der Waals surface area contributed by atoms with Gasteiger partial charge in [-0.2, -0.15) is 10.2 Å². The van der Waals surface area contributed by atoms with E-state index in [0.717, 1.165) is 49.1 Å². The maximum atomic E-state index is 15.1. The fourth-order valence-electron chi connectivity index (χ4n) is 6.21. The summed E-state index contributed by atoms with van der Waals surface area (Å²) >= 11 is 0. The number of hydrogen-bond acceptors (Lipinski definition) is 12. The van der Waals surface area contributed by atoms with Gasteiger partial charge in [-0.1, -0.05) is 0 Å². The summed E-state index contributed by atoms with van der Waals surface area (Å²) in [6.45, 7) is 6.01. The lowest BCUT2D eigenvalue weighted by Crippen LogP contribution is -2.59. The summed E-state index contributed by atoms with van der Waals surface area (Å²) in [6.07, 6.45) is 0.883. The molecule has 0 spiro atoms. The van der Waals surface area contributed by atoms with E-state index in [-0.39, 0.29) is 30.1 Å². The average Bonchev–Trinajstić information content (AvgIpc) is 3.61. The number of carbonyl (C=O) groups excluding carboxylic acids is 1. The Kier molecular flexibility index (Phi) is 8.54. The van der Waals surface area contributed by atoms with Crippen molar-refractivity contribution in [3.8, 4) is 23.2 Å². The number of rotatable bonds is 8. The van der Waals surface area contributed by atoms with E-state index in [1.807, 2.05) is 18.2 Å². The Morgan fingerprint density at radius 3 is 2.67 bits per heavy atom. The maximum Gasteiger partial charge on any atom is 0.301 e. The quantitative estimate of drug-likeness (QED) is 0.285. The van der Waals surface area contributed by atoms with Gasteiger partial charge < -0.3 is 29.6 Å². The molecule has 2 N–H and O–H groups in total. The number of ether oxygens (including phenoxy) is 2. The van der Waals surface area contributed by atoms with Gasteiger partial charge in [0, 0.05) is 55.6 Å². The Hall–Kier alpha value is -5.27. The van der Waals surface area contributed by atoms with Crippen molar-refractivity contribution in [1.29, 1.82) is 5.26 Å². The number of piperazine rings is 1.